The molecule has 2 atom stereocenters. The van der Waals surface area contributed by atoms with Crippen molar-refractivity contribution in [2.24, 2.45) is 5.92 Å². The number of likely N-dealkylation sites (N-methyl/N-ethyl adjacent to an activating group) is 1. The molecule has 37 heavy (non-hydrogen) atoms. The van der Waals surface area contributed by atoms with Gasteiger partial charge >= 0.3 is 6.03 Å². The molecule has 2 saturated heterocycles. The fraction of sp³-hybridized carbons (Fsp3) is 0.533. The number of amides is 3. The average Bonchev–Trinajstić information content (AvgIpc) is 2.99. The highest BCUT2D eigenvalue weighted by atomic mass is 16.5. The second-order valence-corrected chi connectivity index (χ2v) is 10.9. The normalized spacial score (nSPS) is 24.6. The molecule has 4 aliphatic rings. The van der Waals surface area contributed by atoms with Crippen molar-refractivity contribution in [3.63, 3.8) is 0 Å². The maximum Gasteiger partial charge on any atom is 0.325 e. The highest BCUT2D eigenvalue weighted by molar-refractivity contribution is 5.84. The van der Waals surface area contributed by atoms with Crippen LogP contribution in [-0.4, -0.2) is 66.0 Å². The Hall–Kier alpha value is -3.22. The van der Waals surface area contributed by atoms with Crippen molar-refractivity contribution in [3.8, 4) is 11.5 Å². The van der Waals surface area contributed by atoms with Crippen molar-refractivity contribution in [1.82, 2.24) is 14.7 Å². The highest BCUT2D eigenvalue weighted by Gasteiger charge is 2.55. The lowest BCUT2D eigenvalue weighted by molar-refractivity contribution is -0.136. The molecule has 0 bridgehead atoms. The van der Waals surface area contributed by atoms with Crippen LogP contribution in [-0.2, 0) is 11.3 Å². The van der Waals surface area contributed by atoms with E-state index in [1.165, 1.54) is 5.57 Å². The van der Waals surface area contributed by atoms with Crippen molar-refractivity contribution in [1.29, 1.82) is 0 Å². The zero-order valence-electron chi connectivity index (χ0n) is 23.0. The third-order valence-corrected chi connectivity index (χ3v) is 8.61. The first-order valence-corrected chi connectivity index (χ1v) is 13.4. The Morgan fingerprint density at radius 1 is 1.11 bits per heavy atom. The van der Waals surface area contributed by atoms with E-state index in [4.69, 9.17) is 9.47 Å². The van der Waals surface area contributed by atoms with Crippen LogP contribution in [0.1, 0.15) is 64.0 Å². The molecule has 1 aliphatic carbocycles. The van der Waals surface area contributed by atoms with Gasteiger partial charge in [-0.1, -0.05) is 36.3 Å². The number of rotatable bonds is 4. The predicted octanol–water partition coefficient (Wildman–Crippen LogP) is 5.24. The van der Waals surface area contributed by atoms with Crippen molar-refractivity contribution >= 4 is 11.9 Å². The Labute approximate surface area is 220 Å². The number of urea groups is 1. The molecular formula is C30H39N3O4. The number of piperidine rings is 1. The van der Waals surface area contributed by atoms with Crippen molar-refractivity contribution < 1.29 is 19.1 Å². The smallest absolute Gasteiger partial charge is 0.325 e. The highest BCUT2D eigenvalue weighted by Crippen LogP contribution is 2.49. The molecule has 1 unspecified atom stereocenters. The summed E-state index contributed by atoms with van der Waals surface area (Å²) in [5, 5.41) is 0. The number of likely N-dealkylation sites (tertiary alicyclic amines) is 1. The van der Waals surface area contributed by atoms with Crippen LogP contribution in [0, 0.1) is 5.92 Å². The van der Waals surface area contributed by atoms with Gasteiger partial charge < -0.3 is 19.3 Å². The van der Waals surface area contributed by atoms with Gasteiger partial charge in [-0.2, -0.15) is 0 Å². The fourth-order valence-corrected chi connectivity index (χ4v) is 6.97. The van der Waals surface area contributed by atoms with Crippen LogP contribution in [0.15, 0.2) is 47.2 Å². The minimum absolute atomic E-state index is 0.0435. The molecule has 0 saturated carbocycles. The zero-order chi connectivity index (χ0) is 26.5. The van der Waals surface area contributed by atoms with Crippen LogP contribution in [0.4, 0.5) is 4.79 Å². The largest absolute Gasteiger partial charge is 0.497 e. The summed E-state index contributed by atoms with van der Waals surface area (Å²) < 4.78 is 11.3. The SMILES string of the molecule is CCN1C(=O)N2Cc3cc(OC)cc(OC)c3[C@@H](C)C=C2C12CCN(C(=O)C1C=C(C)C=C(C)C1)CC2. The molecule has 7 nitrogen and oxygen atoms in total. The van der Waals surface area contributed by atoms with E-state index in [1.54, 1.807) is 14.2 Å². The van der Waals surface area contributed by atoms with Crippen LogP contribution in [0.3, 0.4) is 0 Å². The van der Waals surface area contributed by atoms with Crippen LogP contribution in [0.25, 0.3) is 0 Å². The lowest BCUT2D eigenvalue weighted by atomic mass is 9.81. The molecule has 2 fully saturated rings. The minimum Gasteiger partial charge on any atom is -0.497 e. The summed E-state index contributed by atoms with van der Waals surface area (Å²) in [6.45, 7) is 10.8. The summed E-state index contributed by atoms with van der Waals surface area (Å²) in [7, 11) is 3.33. The van der Waals surface area contributed by atoms with Crippen molar-refractivity contribution in [3.05, 3.63) is 58.3 Å². The van der Waals surface area contributed by atoms with Crippen molar-refractivity contribution in [2.75, 3.05) is 33.9 Å². The van der Waals surface area contributed by atoms with Crippen LogP contribution >= 0.6 is 0 Å². The van der Waals surface area contributed by atoms with E-state index >= 15 is 0 Å². The molecule has 0 radical (unpaired) electrons. The molecular weight excluding hydrogens is 466 g/mol. The predicted molar refractivity (Wildman–Crippen MR) is 144 cm³/mol. The Kier molecular flexibility index (Phi) is 6.59. The first-order chi connectivity index (χ1) is 17.7. The topological polar surface area (TPSA) is 62.3 Å². The fourth-order valence-electron chi connectivity index (χ4n) is 6.97. The third-order valence-electron chi connectivity index (χ3n) is 8.61. The van der Waals surface area contributed by atoms with E-state index in [0.717, 1.165) is 53.2 Å². The molecule has 0 N–H and O–H groups in total. The van der Waals surface area contributed by atoms with E-state index in [2.05, 4.69) is 45.9 Å². The second-order valence-electron chi connectivity index (χ2n) is 10.9. The van der Waals surface area contributed by atoms with Gasteiger partial charge in [0.15, 0.2) is 0 Å². The van der Waals surface area contributed by atoms with E-state index < -0.39 is 5.54 Å². The summed E-state index contributed by atoms with van der Waals surface area (Å²) in [4.78, 5) is 33.3. The van der Waals surface area contributed by atoms with Gasteiger partial charge in [0.1, 0.15) is 11.5 Å². The van der Waals surface area contributed by atoms with Gasteiger partial charge in [-0.05, 0) is 51.7 Å². The van der Waals surface area contributed by atoms with Gasteiger partial charge in [-0.3, -0.25) is 9.69 Å². The van der Waals surface area contributed by atoms with E-state index in [1.807, 2.05) is 26.8 Å². The number of benzene rings is 1. The molecule has 198 valence electrons. The quantitative estimate of drug-likeness (QED) is 0.562. The number of allylic oxidation sites excluding steroid dienone is 4. The number of ether oxygens (including phenoxy) is 2. The molecule has 7 heteroatoms. The lowest BCUT2D eigenvalue weighted by Crippen LogP contribution is -2.55. The van der Waals surface area contributed by atoms with Gasteiger partial charge in [0, 0.05) is 42.9 Å². The second kappa shape index (κ2) is 9.58. The van der Waals surface area contributed by atoms with Gasteiger partial charge in [-0.25, -0.2) is 4.79 Å². The Morgan fingerprint density at radius 2 is 1.84 bits per heavy atom. The van der Waals surface area contributed by atoms with Crippen LogP contribution < -0.4 is 9.47 Å². The minimum atomic E-state index is -0.398. The van der Waals surface area contributed by atoms with E-state index in [0.29, 0.717) is 26.2 Å². The molecule has 3 aliphatic heterocycles. The summed E-state index contributed by atoms with van der Waals surface area (Å²) in [6.07, 6.45) is 8.80. The molecule has 0 aromatic heterocycles. The maximum absolute atomic E-state index is 13.8. The molecule has 1 aromatic rings. The summed E-state index contributed by atoms with van der Waals surface area (Å²) in [5.74, 6) is 1.70. The van der Waals surface area contributed by atoms with E-state index in [9.17, 15) is 9.59 Å². The Morgan fingerprint density at radius 3 is 2.46 bits per heavy atom. The molecule has 1 aromatic carbocycles. The standard InChI is InChI=1S/C30H39N3O4/c1-7-33-29(35)32-18-23-16-24(36-5)17-25(37-6)27(23)21(4)15-26(32)30(33)8-10-31(11-9-30)28(34)22-13-19(2)12-20(3)14-22/h12-13,15-17,21-22H,7-11,14,18H2,1-6H3/t21-,22?/m0/s1. The van der Waals surface area contributed by atoms with Gasteiger partial charge in [0.2, 0.25) is 5.91 Å². The number of carbonyl (C=O) groups is 2. The number of methoxy groups -OCH3 is 2. The number of hydrogen-bond acceptors (Lipinski definition) is 4. The van der Waals surface area contributed by atoms with Gasteiger partial charge in [-0.15, -0.1) is 0 Å². The number of fused-ring (bicyclic) bond motifs is 3. The molecule has 3 heterocycles. The number of carbonyl (C=O) groups excluding carboxylic acids is 2. The van der Waals surface area contributed by atoms with E-state index in [-0.39, 0.29) is 23.8 Å². The number of hydrogen-bond donors (Lipinski definition) is 0. The summed E-state index contributed by atoms with van der Waals surface area (Å²) in [6, 6.07) is 3.99. The first kappa shape index (κ1) is 25.4. The molecule has 5 rings (SSSR count). The van der Waals surface area contributed by atoms with Gasteiger partial charge in [0.05, 0.1) is 32.2 Å². The Balaban J connectivity index is 1.45. The van der Waals surface area contributed by atoms with Crippen molar-refractivity contribution in [2.45, 2.75) is 65.0 Å². The summed E-state index contributed by atoms with van der Waals surface area (Å²) >= 11 is 0. The molecule has 1 spiro atoms. The average molecular weight is 506 g/mol. The van der Waals surface area contributed by atoms with Crippen LogP contribution in [0.2, 0.25) is 0 Å². The first-order valence-electron chi connectivity index (χ1n) is 13.4. The molecule has 3 amide bonds. The van der Waals surface area contributed by atoms with Crippen LogP contribution in [0.5, 0.6) is 11.5 Å². The summed E-state index contributed by atoms with van der Waals surface area (Å²) in [5.41, 5.74) is 5.24. The number of nitrogens with zero attached hydrogens (tertiary/aromatic N) is 3. The third kappa shape index (κ3) is 4.12. The lowest BCUT2D eigenvalue weighted by Gasteiger charge is -2.45. The maximum atomic E-state index is 13.8. The zero-order valence-corrected chi connectivity index (χ0v) is 23.0. The Bertz CT molecular complexity index is 1210. The monoisotopic (exact) mass is 505 g/mol. The van der Waals surface area contributed by atoms with Gasteiger partial charge in [0.25, 0.3) is 0 Å².